The van der Waals surface area contributed by atoms with Crippen LogP contribution in [0.1, 0.15) is 36.8 Å². The highest BCUT2D eigenvalue weighted by atomic mass is 16.5. The number of hydrogen-bond donors (Lipinski definition) is 3. The number of anilines is 1. The number of ether oxygens (including phenoxy) is 1. The van der Waals surface area contributed by atoms with Gasteiger partial charge in [0.25, 0.3) is 0 Å². The average Bonchev–Trinajstić information content (AvgIpc) is 2.89. The molecule has 0 bridgehead atoms. The molecule has 0 fully saturated rings. The number of nitrogen functional groups attached to an aromatic ring is 1. The fourth-order valence-electron chi connectivity index (χ4n) is 2.15. The van der Waals surface area contributed by atoms with E-state index in [4.69, 9.17) is 16.1 Å². The molecule has 0 aliphatic rings. The van der Waals surface area contributed by atoms with Gasteiger partial charge >= 0.3 is 17.9 Å². The molecule has 2 rings (SSSR count). The summed E-state index contributed by atoms with van der Waals surface area (Å²) >= 11 is 0. The molecule has 122 valence electrons. The third-order valence-electron chi connectivity index (χ3n) is 3.28. The quantitative estimate of drug-likeness (QED) is 0.704. The molecule has 0 atom stereocenters. The van der Waals surface area contributed by atoms with Gasteiger partial charge in [0.05, 0.1) is 35.2 Å². The standard InChI is InChI=1S/C15H11N3O6/c1-24-15(23)12-11(17)8(5-16)6-18(12)10-4-7(13(19)20)2-3-9(10)14(21)22/h2-4,6H,17H2,1H3,(H,19,20)(H,21,22). The zero-order valence-corrected chi connectivity index (χ0v) is 12.3. The van der Waals surface area contributed by atoms with E-state index >= 15 is 0 Å². The van der Waals surface area contributed by atoms with Crippen LogP contribution in [0, 0.1) is 11.3 Å². The van der Waals surface area contributed by atoms with E-state index in [2.05, 4.69) is 4.74 Å². The Balaban J connectivity index is 2.87. The maximum absolute atomic E-state index is 12.0. The van der Waals surface area contributed by atoms with E-state index in [-0.39, 0.29) is 33.8 Å². The Morgan fingerprint density at radius 1 is 1.25 bits per heavy atom. The number of esters is 1. The van der Waals surface area contributed by atoms with Gasteiger partial charge in [-0.3, -0.25) is 0 Å². The van der Waals surface area contributed by atoms with E-state index in [9.17, 15) is 19.5 Å². The molecule has 0 radical (unpaired) electrons. The lowest BCUT2D eigenvalue weighted by Crippen LogP contribution is -2.14. The summed E-state index contributed by atoms with van der Waals surface area (Å²) in [6.07, 6.45) is 1.15. The van der Waals surface area contributed by atoms with Crippen molar-refractivity contribution < 1.29 is 29.3 Å². The van der Waals surface area contributed by atoms with Gasteiger partial charge < -0.3 is 25.3 Å². The van der Waals surface area contributed by atoms with E-state index in [0.717, 1.165) is 36.1 Å². The summed E-state index contributed by atoms with van der Waals surface area (Å²) in [6, 6.07) is 5.05. The molecule has 1 aromatic carbocycles. The number of carboxylic acids is 2. The maximum atomic E-state index is 12.0. The van der Waals surface area contributed by atoms with Gasteiger partial charge in [0, 0.05) is 6.20 Å². The van der Waals surface area contributed by atoms with Crippen LogP contribution >= 0.6 is 0 Å². The van der Waals surface area contributed by atoms with Gasteiger partial charge in [-0.2, -0.15) is 5.26 Å². The lowest BCUT2D eigenvalue weighted by Gasteiger charge is -2.12. The van der Waals surface area contributed by atoms with Crippen molar-refractivity contribution in [1.82, 2.24) is 4.57 Å². The van der Waals surface area contributed by atoms with Crippen LogP contribution in [0.4, 0.5) is 5.69 Å². The summed E-state index contributed by atoms with van der Waals surface area (Å²) in [7, 11) is 1.09. The van der Waals surface area contributed by atoms with Crippen molar-refractivity contribution in [3.05, 3.63) is 46.8 Å². The molecule has 0 amide bonds. The monoisotopic (exact) mass is 329 g/mol. The first kappa shape index (κ1) is 16.6. The number of aromatic nitrogens is 1. The summed E-state index contributed by atoms with van der Waals surface area (Å²) < 4.78 is 5.64. The Bertz CT molecular complexity index is 907. The van der Waals surface area contributed by atoms with Crippen LogP contribution in [0.5, 0.6) is 0 Å². The summed E-state index contributed by atoms with van der Waals surface area (Å²) in [4.78, 5) is 34.5. The predicted molar refractivity (Wildman–Crippen MR) is 80.2 cm³/mol. The van der Waals surface area contributed by atoms with Gasteiger partial charge in [-0.25, -0.2) is 14.4 Å². The number of aromatic carboxylic acids is 2. The Morgan fingerprint density at radius 3 is 2.42 bits per heavy atom. The Kier molecular flexibility index (Phi) is 4.23. The number of nitrogens with two attached hydrogens (primary N) is 1. The molecule has 0 aliphatic carbocycles. The highest BCUT2D eigenvalue weighted by molar-refractivity contribution is 5.99. The van der Waals surface area contributed by atoms with E-state index in [0.29, 0.717) is 0 Å². The van der Waals surface area contributed by atoms with Crippen molar-refractivity contribution in [2.45, 2.75) is 0 Å². The van der Waals surface area contributed by atoms with Crippen LogP contribution in [-0.4, -0.2) is 39.8 Å². The van der Waals surface area contributed by atoms with Crippen LogP contribution in [0.2, 0.25) is 0 Å². The van der Waals surface area contributed by atoms with Crippen LogP contribution in [0.3, 0.4) is 0 Å². The summed E-state index contributed by atoms with van der Waals surface area (Å²) in [6.45, 7) is 0. The van der Waals surface area contributed by atoms with Crippen molar-refractivity contribution in [3.63, 3.8) is 0 Å². The highest BCUT2D eigenvalue weighted by Crippen LogP contribution is 2.27. The number of methoxy groups -OCH3 is 1. The van der Waals surface area contributed by atoms with Crippen molar-refractivity contribution in [3.8, 4) is 11.8 Å². The minimum absolute atomic E-state index is 0.0764. The summed E-state index contributed by atoms with van der Waals surface area (Å²) in [5.74, 6) is -3.52. The molecular formula is C15H11N3O6. The first-order valence-electron chi connectivity index (χ1n) is 6.42. The maximum Gasteiger partial charge on any atom is 0.357 e. The Morgan fingerprint density at radius 2 is 1.92 bits per heavy atom. The Hall–Kier alpha value is -3.80. The molecule has 4 N–H and O–H groups in total. The fraction of sp³-hybridized carbons (Fsp3) is 0.0667. The third-order valence-corrected chi connectivity index (χ3v) is 3.28. The number of nitriles is 1. The van der Waals surface area contributed by atoms with Crippen LogP contribution in [0.15, 0.2) is 24.4 Å². The molecule has 24 heavy (non-hydrogen) atoms. The van der Waals surface area contributed by atoms with Crippen LogP contribution in [0.25, 0.3) is 5.69 Å². The Labute approximate surface area is 135 Å². The zero-order valence-electron chi connectivity index (χ0n) is 12.3. The lowest BCUT2D eigenvalue weighted by molar-refractivity contribution is 0.0590. The van der Waals surface area contributed by atoms with Crippen LogP contribution in [-0.2, 0) is 4.74 Å². The van der Waals surface area contributed by atoms with Gasteiger partial charge in [-0.1, -0.05) is 0 Å². The second-order valence-corrected chi connectivity index (χ2v) is 4.62. The predicted octanol–water partition coefficient (Wildman–Crippen LogP) is 1.11. The minimum Gasteiger partial charge on any atom is -0.478 e. The minimum atomic E-state index is -1.34. The van der Waals surface area contributed by atoms with Gasteiger partial charge in [-0.05, 0) is 18.2 Å². The number of carbonyl (C=O) groups excluding carboxylic acids is 1. The molecule has 0 aliphatic heterocycles. The lowest BCUT2D eigenvalue weighted by atomic mass is 10.1. The number of hydrogen-bond acceptors (Lipinski definition) is 6. The fourth-order valence-corrected chi connectivity index (χ4v) is 2.15. The number of benzene rings is 1. The molecular weight excluding hydrogens is 318 g/mol. The van der Waals surface area contributed by atoms with Crippen LogP contribution < -0.4 is 5.73 Å². The van der Waals surface area contributed by atoms with E-state index in [1.54, 1.807) is 6.07 Å². The van der Waals surface area contributed by atoms with Crippen molar-refractivity contribution in [2.75, 3.05) is 12.8 Å². The van der Waals surface area contributed by atoms with Gasteiger partial charge in [0.1, 0.15) is 6.07 Å². The molecule has 9 heteroatoms. The molecule has 0 saturated carbocycles. The second-order valence-electron chi connectivity index (χ2n) is 4.62. The molecule has 1 heterocycles. The number of carboxylic acid groups (broad SMARTS) is 2. The van der Waals surface area contributed by atoms with E-state index < -0.39 is 17.9 Å². The van der Waals surface area contributed by atoms with E-state index in [1.165, 1.54) is 0 Å². The molecule has 1 aromatic heterocycles. The third kappa shape index (κ3) is 2.64. The van der Waals surface area contributed by atoms with E-state index in [1.807, 2.05) is 0 Å². The van der Waals surface area contributed by atoms with Crippen molar-refractivity contribution in [2.24, 2.45) is 0 Å². The second kappa shape index (κ2) is 6.13. The molecule has 0 unspecified atom stereocenters. The largest absolute Gasteiger partial charge is 0.478 e. The smallest absolute Gasteiger partial charge is 0.357 e. The molecule has 9 nitrogen and oxygen atoms in total. The van der Waals surface area contributed by atoms with Gasteiger partial charge in [0.15, 0.2) is 5.69 Å². The first-order chi connectivity index (χ1) is 11.3. The van der Waals surface area contributed by atoms with Crippen molar-refractivity contribution in [1.29, 1.82) is 5.26 Å². The summed E-state index contributed by atoms with van der Waals surface area (Å²) in [5, 5.41) is 27.5. The normalized spacial score (nSPS) is 10.0. The van der Waals surface area contributed by atoms with Crippen molar-refractivity contribution >= 4 is 23.6 Å². The summed E-state index contributed by atoms with van der Waals surface area (Å²) in [5.41, 5.74) is 4.61. The first-order valence-corrected chi connectivity index (χ1v) is 6.42. The number of carbonyl (C=O) groups is 3. The molecule has 0 saturated heterocycles. The molecule has 0 spiro atoms. The zero-order chi connectivity index (χ0) is 18.0. The van der Waals surface area contributed by atoms with Gasteiger partial charge in [-0.15, -0.1) is 0 Å². The number of rotatable bonds is 4. The SMILES string of the molecule is COC(=O)c1c(N)c(C#N)cn1-c1cc(C(=O)O)ccc1C(=O)O. The average molecular weight is 329 g/mol. The number of nitrogens with zero attached hydrogens (tertiary/aromatic N) is 2. The highest BCUT2D eigenvalue weighted by Gasteiger charge is 2.25. The van der Waals surface area contributed by atoms with Gasteiger partial charge in [0.2, 0.25) is 0 Å². The molecule has 2 aromatic rings. The topological polar surface area (TPSA) is 156 Å².